The monoisotopic (exact) mass is 590 g/mol. The number of fused-ring (bicyclic) bond motifs is 1. The third-order valence-electron chi connectivity index (χ3n) is 8.80. The molecule has 2 amide bonds. The Morgan fingerprint density at radius 1 is 0.930 bits per heavy atom. The number of piperazine rings is 2. The number of hydrogen-bond acceptors (Lipinski definition) is 9. The average molecular weight is 591 g/mol. The van der Waals surface area contributed by atoms with Crippen molar-refractivity contribution in [2.45, 2.75) is 38.3 Å². The number of methoxy groups -OCH3 is 1. The van der Waals surface area contributed by atoms with E-state index in [1.165, 1.54) is 18.9 Å². The Labute approximate surface area is 252 Å². The summed E-state index contributed by atoms with van der Waals surface area (Å²) in [5, 5.41) is 3.69. The van der Waals surface area contributed by atoms with Gasteiger partial charge in [-0.3, -0.25) is 15.1 Å². The molecule has 1 aliphatic carbocycles. The van der Waals surface area contributed by atoms with E-state index in [0.717, 1.165) is 69.2 Å². The Morgan fingerprint density at radius 3 is 2.33 bits per heavy atom. The highest BCUT2D eigenvalue weighted by atomic mass is 16.6. The van der Waals surface area contributed by atoms with Crippen LogP contribution in [0.1, 0.15) is 31.4 Å². The number of likely N-dealkylation sites (N-methyl/N-ethyl adjacent to an activating group) is 1. The van der Waals surface area contributed by atoms with Crippen molar-refractivity contribution >= 4 is 34.1 Å². The lowest BCUT2D eigenvalue weighted by Gasteiger charge is -2.36. The second-order valence-electron chi connectivity index (χ2n) is 11.7. The Morgan fingerprint density at radius 2 is 1.63 bits per heavy atom. The van der Waals surface area contributed by atoms with E-state index in [1.807, 2.05) is 35.2 Å². The van der Waals surface area contributed by atoms with Gasteiger partial charge in [0, 0.05) is 76.2 Å². The number of benzene rings is 2. The summed E-state index contributed by atoms with van der Waals surface area (Å²) in [6.07, 6.45) is 4.62. The lowest BCUT2D eigenvalue weighted by Crippen LogP contribution is -2.53. The zero-order chi connectivity index (χ0) is 29.8. The van der Waals surface area contributed by atoms with Gasteiger partial charge in [-0.2, -0.15) is 0 Å². The Bertz CT molecular complexity index is 1460. The van der Waals surface area contributed by atoms with Crippen molar-refractivity contribution in [3.05, 3.63) is 58.4 Å². The van der Waals surface area contributed by atoms with Gasteiger partial charge in [-0.05, 0) is 50.2 Å². The van der Waals surface area contributed by atoms with Crippen LogP contribution in [0.5, 0.6) is 5.75 Å². The second kappa shape index (κ2) is 13.1. The number of ether oxygens (including phenoxy) is 1. The molecule has 0 unspecified atom stereocenters. The van der Waals surface area contributed by atoms with Crippen LogP contribution in [-0.4, -0.2) is 88.4 Å². The molecule has 2 N–H and O–H groups in total. The molecule has 3 aromatic rings. The number of carbonyl (C=O) groups excluding carboxylic acids is 1. The van der Waals surface area contributed by atoms with Crippen LogP contribution in [-0.2, 0) is 11.4 Å². The number of nitrogens with one attached hydrogen (secondary N) is 2. The lowest BCUT2D eigenvalue weighted by molar-refractivity contribution is 0.161. The van der Waals surface area contributed by atoms with Gasteiger partial charge < -0.3 is 34.1 Å². The Hall–Kier alpha value is -3.96. The van der Waals surface area contributed by atoms with Crippen molar-refractivity contribution in [3.8, 4) is 5.75 Å². The van der Waals surface area contributed by atoms with E-state index in [4.69, 9.17) is 14.0 Å². The zero-order valence-electron chi connectivity index (χ0n) is 25.1. The first-order chi connectivity index (χ1) is 21.0. The van der Waals surface area contributed by atoms with Crippen molar-refractivity contribution in [1.82, 2.24) is 15.1 Å². The number of carbonyl (C=O) groups is 1. The molecule has 43 heavy (non-hydrogen) atoms. The molecule has 1 aromatic heterocycles. The molecule has 6 rings (SSSR count). The fraction of sp³-hybridized carbons (Fsp3) is 0.500. The lowest BCUT2D eigenvalue weighted by atomic mass is 10.1. The maximum Gasteiger partial charge on any atom is 0.317 e. The Balaban J connectivity index is 1.04. The number of amides is 2. The number of urea groups is 1. The molecular weight excluding hydrogens is 548 g/mol. The van der Waals surface area contributed by atoms with Gasteiger partial charge in [-0.25, -0.2) is 4.79 Å². The van der Waals surface area contributed by atoms with Crippen molar-refractivity contribution in [3.63, 3.8) is 0 Å². The Kier molecular flexibility index (Phi) is 8.90. The summed E-state index contributed by atoms with van der Waals surface area (Å²) in [7, 11) is 3.72. The summed E-state index contributed by atoms with van der Waals surface area (Å²) < 4.78 is 11.7. The molecule has 3 fully saturated rings. The minimum absolute atomic E-state index is 0.0702. The van der Waals surface area contributed by atoms with Gasteiger partial charge in [-0.15, -0.1) is 0 Å². The first kappa shape index (κ1) is 29.1. The van der Waals surface area contributed by atoms with E-state index in [0.29, 0.717) is 41.6 Å². The highest BCUT2D eigenvalue weighted by molar-refractivity contribution is 5.91. The number of nitrogens with zero attached hydrogens (tertiary/aromatic N) is 4. The van der Waals surface area contributed by atoms with E-state index < -0.39 is 0 Å². The van der Waals surface area contributed by atoms with Crippen LogP contribution in [0.3, 0.4) is 0 Å². The molecule has 2 aliphatic heterocycles. The van der Waals surface area contributed by atoms with Crippen LogP contribution in [0.15, 0.2) is 51.7 Å². The van der Waals surface area contributed by atoms with E-state index in [-0.39, 0.29) is 18.1 Å². The van der Waals surface area contributed by atoms with E-state index in [1.54, 1.807) is 13.2 Å². The standard InChI is InChI=1S/C32H42N6O5/c1-35-11-13-37(14-12-35)29-20-26(41-2)19-28-30(39)21-27(43-31(28)29)22-42-34-24-7-9-25(10-8-24)36-15-17-38(18-16-36)32(40)33-23-5-3-4-6-23/h7-10,19-21,23,34H,3-6,11-18,22H2,1-2H3,(H,33,40). The molecule has 0 radical (unpaired) electrons. The highest BCUT2D eigenvalue weighted by Gasteiger charge is 2.25. The van der Waals surface area contributed by atoms with E-state index in [2.05, 4.69) is 32.5 Å². The summed E-state index contributed by atoms with van der Waals surface area (Å²) in [4.78, 5) is 40.1. The van der Waals surface area contributed by atoms with Gasteiger partial charge in [0.1, 0.15) is 18.1 Å². The predicted molar refractivity (Wildman–Crippen MR) is 168 cm³/mol. The minimum atomic E-state index is -0.130. The molecule has 0 spiro atoms. The van der Waals surface area contributed by atoms with Crippen molar-refractivity contribution in [1.29, 1.82) is 0 Å². The molecule has 1 saturated carbocycles. The van der Waals surface area contributed by atoms with Crippen LogP contribution in [0.4, 0.5) is 21.9 Å². The van der Waals surface area contributed by atoms with Gasteiger partial charge >= 0.3 is 6.03 Å². The summed E-state index contributed by atoms with van der Waals surface area (Å²) in [5.41, 5.74) is 6.16. The molecule has 11 nitrogen and oxygen atoms in total. The van der Waals surface area contributed by atoms with Gasteiger partial charge in [-0.1, -0.05) is 12.8 Å². The van der Waals surface area contributed by atoms with Gasteiger partial charge in [0.25, 0.3) is 0 Å². The largest absolute Gasteiger partial charge is 0.497 e. The molecule has 11 heteroatoms. The predicted octanol–water partition coefficient (Wildman–Crippen LogP) is 3.87. The van der Waals surface area contributed by atoms with Crippen LogP contribution < -0.4 is 30.8 Å². The third kappa shape index (κ3) is 6.83. The molecule has 0 bridgehead atoms. The van der Waals surface area contributed by atoms with Crippen molar-refractivity contribution in [2.24, 2.45) is 0 Å². The highest BCUT2D eigenvalue weighted by Crippen LogP contribution is 2.32. The van der Waals surface area contributed by atoms with Crippen LogP contribution in [0.25, 0.3) is 11.0 Å². The smallest absolute Gasteiger partial charge is 0.317 e. The number of anilines is 3. The molecule has 2 saturated heterocycles. The molecule has 3 aliphatic rings. The maximum absolute atomic E-state index is 13.1. The summed E-state index contributed by atoms with van der Waals surface area (Å²) in [6, 6.07) is 13.6. The van der Waals surface area contributed by atoms with Crippen LogP contribution in [0.2, 0.25) is 0 Å². The molecule has 3 heterocycles. The molecule has 0 atom stereocenters. The maximum atomic E-state index is 13.1. The minimum Gasteiger partial charge on any atom is -0.497 e. The quantitative estimate of drug-likeness (QED) is 0.379. The third-order valence-corrected chi connectivity index (χ3v) is 8.80. The normalized spacial score (nSPS) is 18.3. The molecule has 230 valence electrons. The van der Waals surface area contributed by atoms with Crippen molar-refractivity contribution < 1.29 is 18.8 Å². The SMILES string of the molecule is COc1cc(N2CCN(C)CC2)c2oc(CONc3ccc(N4CCN(C(=O)NC5CCCC5)CC4)cc3)cc(=O)c2c1. The van der Waals surface area contributed by atoms with E-state index in [9.17, 15) is 9.59 Å². The van der Waals surface area contributed by atoms with Crippen molar-refractivity contribution in [2.75, 3.05) is 81.8 Å². The second-order valence-corrected chi connectivity index (χ2v) is 11.7. The summed E-state index contributed by atoms with van der Waals surface area (Å²) >= 11 is 0. The summed E-state index contributed by atoms with van der Waals surface area (Å²) in [5.74, 6) is 1.08. The molecule has 2 aromatic carbocycles. The van der Waals surface area contributed by atoms with Crippen LogP contribution >= 0.6 is 0 Å². The average Bonchev–Trinajstić information content (AvgIpc) is 3.55. The first-order valence-corrected chi connectivity index (χ1v) is 15.3. The number of hydrogen-bond donors (Lipinski definition) is 2. The zero-order valence-corrected chi connectivity index (χ0v) is 25.1. The molecular formula is C32H42N6O5. The van der Waals surface area contributed by atoms with Gasteiger partial charge in [0.05, 0.1) is 23.9 Å². The summed E-state index contributed by atoms with van der Waals surface area (Å²) in [6.45, 7) is 6.65. The topological polar surface area (TPSA) is 103 Å². The van der Waals surface area contributed by atoms with Gasteiger partial charge in [0.15, 0.2) is 11.0 Å². The van der Waals surface area contributed by atoms with Gasteiger partial charge in [0.2, 0.25) is 0 Å². The fourth-order valence-corrected chi connectivity index (χ4v) is 6.17. The van der Waals surface area contributed by atoms with E-state index >= 15 is 0 Å². The first-order valence-electron chi connectivity index (χ1n) is 15.3. The van der Waals surface area contributed by atoms with Crippen LogP contribution in [0, 0.1) is 0 Å². The fourth-order valence-electron chi connectivity index (χ4n) is 6.17. The number of rotatable bonds is 8.